The molecule has 0 radical (unpaired) electrons. The van der Waals surface area contributed by atoms with Gasteiger partial charge in [0.25, 0.3) is 0 Å². The molecule has 2 aromatic carbocycles. The highest BCUT2D eigenvalue weighted by atomic mass is 16.5. The van der Waals surface area contributed by atoms with E-state index in [1.165, 1.54) is 12.1 Å². The van der Waals surface area contributed by atoms with Gasteiger partial charge in [-0.1, -0.05) is 24.3 Å². The first kappa shape index (κ1) is 14.1. The van der Waals surface area contributed by atoms with Crippen molar-refractivity contribution in [3.05, 3.63) is 53.6 Å². The van der Waals surface area contributed by atoms with E-state index in [1.54, 1.807) is 24.3 Å². The average Bonchev–Trinajstić information content (AvgIpc) is 2.84. The Morgan fingerprint density at radius 2 is 1.64 bits per heavy atom. The number of nitrogens with zero attached hydrogens (tertiary/aromatic N) is 1. The summed E-state index contributed by atoms with van der Waals surface area (Å²) < 4.78 is 0. The first-order valence-electron chi connectivity index (χ1n) is 6.65. The molecule has 3 rings (SSSR count). The standard InChI is InChI=1S/C16H13NO5/c18-15(19)10-3-1-9(2-4-10)11-5-6-12-8-14(16(20)21)17(22)13(12)7-11/h1-7,14,22H,8H2,(H,18,19)(H,20,21). The molecule has 1 heterocycles. The quantitative estimate of drug-likeness (QED) is 0.804. The van der Waals surface area contributed by atoms with Crippen molar-refractivity contribution in [3.8, 4) is 11.1 Å². The van der Waals surface area contributed by atoms with Gasteiger partial charge in [-0.05, 0) is 34.9 Å². The summed E-state index contributed by atoms with van der Waals surface area (Å²) in [7, 11) is 0. The van der Waals surface area contributed by atoms with Crippen LogP contribution in [0.1, 0.15) is 15.9 Å². The van der Waals surface area contributed by atoms with Gasteiger partial charge in [0.05, 0.1) is 11.3 Å². The molecule has 1 unspecified atom stereocenters. The van der Waals surface area contributed by atoms with E-state index >= 15 is 0 Å². The summed E-state index contributed by atoms with van der Waals surface area (Å²) in [5, 5.41) is 28.7. The van der Waals surface area contributed by atoms with Crippen LogP contribution in [0.2, 0.25) is 0 Å². The summed E-state index contributed by atoms with van der Waals surface area (Å²) in [5.74, 6) is -2.07. The van der Waals surface area contributed by atoms with E-state index in [0.717, 1.165) is 21.8 Å². The van der Waals surface area contributed by atoms with E-state index in [9.17, 15) is 14.8 Å². The third kappa shape index (κ3) is 2.29. The van der Waals surface area contributed by atoms with E-state index in [4.69, 9.17) is 10.2 Å². The first-order chi connectivity index (χ1) is 10.5. The number of carboxylic acids is 2. The molecule has 2 aromatic rings. The zero-order valence-corrected chi connectivity index (χ0v) is 11.4. The molecule has 1 aliphatic heterocycles. The van der Waals surface area contributed by atoms with Crippen LogP contribution in [0.4, 0.5) is 5.69 Å². The molecule has 0 saturated carbocycles. The first-order valence-corrected chi connectivity index (χ1v) is 6.65. The van der Waals surface area contributed by atoms with Crippen LogP contribution in [0, 0.1) is 0 Å². The number of hydrogen-bond acceptors (Lipinski definition) is 4. The second kappa shape index (κ2) is 5.16. The van der Waals surface area contributed by atoms with Gasteiger partial charge < -0.3 is 10.2 Å². The zero-order valence-electron chi connectivity index (χ0n) is 11.4. The van der Waals surface area contributed by atoms with Gasteiger partial charge in [-0.25, -0.2) is 14.7 Å². The van der Waals surface area contributed by atoms with E-state index in [1.807, 2.05) is 6.07 Å². The maximum atomic E-state index is 11.1. The SMILES string of the molecule is O=C(O)c1ccc(-c2ccc3c(c2)N(O)C(C(=O)O)C3)cc1. The molecular weight excluding hydrogens is 286 g/mol. The highest BCUT2D eigenvalue weighted by Crippen LogP contribution is 2.34. The number of carbonyl (C=O) groups is 2. The van der Waals surface area contributed by atoms with Gasteiger partial charge in [-0.2, -0.15) is 0 Å². The van der Waals surface area contributed by atoms with Crippen molar-refractivity contribution in [3.63, 3.8) is 0 Å². The summed E-state index contributed by atoms with van der Waals surface area (Å²) >= 11 is 0. The Morgan fingerprint density at radius 3 is 2.23 bits per heavy atom. The van der Waals surface area contributed by atoms with Crippen molar-refractivity contribution in [2.45, 2.75) is 12.5 Å². The largest absolute Gasteiger partial charge is 0.480 e. The Balaban J connectivity index is 1.95. The molecule has 0 saturated heterocycles. The number of anilines is 1. The average molecular weight is 299 g/mol. The minimum atomic E-state index is -1.08. The Labute approximate surface area is 125 Å². The van der Waals surface area contributed by atoms with Gasteiger partial charge in [0.15, 0.2) is 6.04 Å². The van der Waals surface area contributed by atoms with Gasteiger partial charge in [-0.15, -0.1) is 0 Å². The lowest BCUT2D eigenvalue weighted by atomic mass is 10.0. The highest BCUT2D eigenvalue weighted by Gasteiger charge is 2.33. The molecule has 1 aliphatic rings. The number of benzene rings is 2. The highest BCUT2D eigenvalue weighted by molar-refractivity contribution is 5.88. The summed E-state index contributed by atoms with van der Waals surface area (Å²) in [4.78, 5) is 21.9. The second-order valence-electron chi connectivity index (χ2n) is 5.13. The third-order valence-corrected chi connectivity index (χ3v) is 3.79. The second-order valence-corrected chi connectivity index (χ2v) is 5.13. The summed E-state index contributed by atoms with van der Waals surface area (Å²) in [6, 6.07) is 10.7. The molecule has 22 heavy (non-hydrogen) atoms. The van der Waals surface area contributed by atoms with E-state index in [0.29, 0.717) is 5.69 Å². The smallest absolute Gasteiger partial charge is 0.335 e. The number of aliphatic carboxylic acids is 1. The maximum Gasteiger partial charge on any atom is 0.335 e. The zero-order chi connectivity index (χ0) is 15.9. The molecule has 6 nitrogen and oxygen atoms in total. The Bertz CT molecular complexity index is 754. The fraction of sp³-hybridized carbons (Fsp3) is 0.125. The molecule has 3 N–H and O–H groups in total. The maximum absolute atomic E-state index is 11.1. The minimum absolute atomic E-state index is 0.194. The minimum Gasteiger partial charge on any atom is -0.480 e. The van der Waals surface area contributed by atoms with Crippen molar-refractivity contribution < 1.29 is 25.0 Å². The number of hydrogen-bond donors (Lipinski definition) is 3. The molecule has 0 amide bonds. The lowest BCUT2D eigenvalue weighted by molar-refractivity contribution is -0.139. The fourth-order valence-corrected chi connectivity index (χ4v) is 2.59. The monoisotopic (exact) mass is 299 g/mol. The summed E-state index contributed by atoms with van der Waals surface area (Å²) in [5.41, 5.74) is 2.99. The predicted molar refractivity (Wildman–Crippen MR) is 78.2 cm³/mol. The summed E-state index contributed by atoms with van der Waals surface area (Å²) in [6.45, 7) is 0. The number of fused-ring (bicyclic) bond motifs is 1. The van der Waals surface area contributed by atoms with Gasteiger partial charge in [-0.3, -0.25) is 5.21 Å². The van der Waals surface area contributed by atoms with Crippen molar-refractivity contribution in [2.24, 2.45) is 0 Å². The number of aromatic carboxylic acids is 1. The molecule has 0 spiro atoms. The molecule has 0 bridgehead atoms. The van der Waals surface area contributed by atoms with Crippen LogP contribution < -0.4 is 5.06 Å². The van der Waals surface area contributed by atoms with Crippen LogP contribution in [0.15, 0.2) is 42.5 Å². The van der Waals surface area contributed by atoms with Crippen molar-refractivity contribution in [2.75, 3.05) is 5.06 Å². The molecule has 0 fully saturated rings. The van der Waals surface area contributed by atoms with Gasteiger partial charge in [0.2, 0.25) is 0 Å². The van der Waals surface area contributed by atoms with Gasteiger partial charge >= 0.3 is 11.9 Å². The lowest BCUT2D eigenvalue weighted by Crippen LogP contribution is -2.35. The number of carboxylic acid groups (broad SMARTS) is 2. The molecule has 0 aromatic heterocycles. The van der Waals surface area contributed by atoms with E-state index in [2.05, 4.69) is 0 Å². The van der Waals surface area contributed by atoms with Crippen LogP contribution in [-0.4, -0.2) is 33.4 Å². The lowest BCUT2D eigenvalue weighted by Gasteiger charge is -2.16. The van der Waals surface area contributed by atoms with Crippen LogP contribution in [-0.2, 0) is 11.2 Å². The van der Waals surface area contributed by atoms with Crippen molar-refractivity contribution in [1.82, 2.24) is 0 Å². The normalized spacial score (nSPS) is 16.4. The number of rotatable bonds is 3. The Hall–Kier alpha value is -2.86. The molecular formula is C16H13NO5. The molecule has 6 heteroatoms. The number of hydroxylamine groups is 1. The third-order valence-electron chi connectivity index (χ3n) is 3.79. The van der Waals surface area contributed by atoms with Gasteiger partial charge in [0.1, 0.15) is 0 Å². The van der Waals surface area contributed by atoms with Crippen LogP contribution in [0.25, 0.3) is 11.1 Å². The van der Waals surface area contributed by atoms with Crippen LogP contribution in [0.5, 0.6) is 0 Å². The van der Waals surface area contributed by atoms with Gasteiger partial charge in [0, 0.05) is 6.42 Å². The van der Waals surface area contributed by atoms with Crippen LogP contribution in [0.3, 0.4) is 0 Å². The fourth-order valence-electron chi connectivity index (χ4n) is 2.59. The van der Waals surface area contributed by atoms with Crippen molar-refractivity contribution >= 4 is 17.6 Å². The topological polar surface area (TPSA) is 98.1 Å². The molecule has 112 valence electrons. The Morgan fingerprint density at radius 1 is 1.00 bits per heavy atom. The van der Waals surface area contributed by atoms with E-state index < -0.39 is 18.0 Å². The predicted octanol–water partition coefficient (Wildman–Crippen LogP) is 2.26. The van der Waals surface area contributed by atoms with Crippen molar-refractivity contribution in [1.29, 1.82) is 0 Å². The summed E-state index contributed by atoms with van der Waals surface area (Å²) in [6.07, 6.45) is 0.249. The van der Waals surface area contributed by atoms with E-state index in [-0.39, 0.29) is 12.0 Å². The molecule has 0 aliphatic carbocycles. The van der Waals surface area contributed by atoms with Crippen LogP contribution >= 0.6 is 0 Å². The Kier molecular flexibility index (Phi) is 3.30. The molecule has 1 atom stereocenters.